The summed E-state index contributed by atoms with van der Waals surface area (Å²) in [5.41, 5.74) is 1.04. The van der Waals surface area contributed by atoms with E-state index in [4.69, 9.17) is 16.3 Å². The zero-order valence-electron chi connectivity index (χ0n) is 9.53. The molecule has 1 atom stereocenters. The Hall–Kier alpha value is -0.760. The zero-order valence-corrected chi connectivity index (χ0v) is 10.3. The summed E-state index contributed by atoms with van der Waals surface area (Å²) in [5, 5.41) is 0. The van der Waals surface area contributed by atoms with E-state index < -0.39 is 0 Å². The van der Waals surface area contributed by atoms with Crippen LogP contribution in [0.25, 0.3) is 0 Å². The lowest BCUT2D eigenvalue weighted by Gasteiger charge is -2.15. The monoisotopic (exact) mass is 227 g/mol. The van der Waals surface area contributed by atoms with Crippen LogP contribution in [0.3, 0.4) is 0 Å². The lowest BCUT2D eigenvalue weighted by Crippen LogP contribution is -2.15. The van der Waals surface area contributed by atoms with Gasteiger partial charge in [0.25, 0.3) is 0 Å². The SMILES string of the molecule is CC(C)CC(C)Oc1cc(CCl)ccn1. The minimum atomic E-state index is 0.197. The van der Waals surface area contributed by atoms with Crippen LogP contribution in [0.2, 0.25) is 0 Å². The van der Waals surface area contributed by atoms with Crippen LogP contribution in [0.1, 0.15) is 32.8 Å². The highest BCUT2D eigenvalue weighted by Gasteiger charge is 2.07. The van der Waals surface area contributed by atoms with E-state index in [1.807, 2.05) is 12.1 Å². The number of pyridine rings is 1. The summed E-state index contributed by atoms with van der Waals surface area (Å²) in [6, 6.07) is 3.79. The number of hydrogen-bond donors (Lipinski definition) is 0. The van der Waals surface area contributed by atoms with Crippen molar-refractivity contribution in [2.75, 3.05) is 0 Å². The predicted molar refractivity (Wildman–Crippen MR) is 63.3 cm³/mol. The maximum atomic E-state index is 5.74. The molecule has 0 bridgehead atoms. The summed E-state index contributed by atoms with van der Waals surface area (Å²) in [4.78, 5) is 4.15. The number of halogens is 1. The van der Waals surface area contributed by atoms with Crippen LogP contribution < -0.4 is 4.74 Å². The van der Waals surface area contributed by atoms with E-state index in [2.05, 4.69) is 25.8 Å². The molecule has 0 aliphatic rings. The van der Waals surface area contributed by atoms with Gasteiger partial charge in [0.2, 0.25) is 5.88 Å². The highest BCUT2D eigenvalue weighted by atomic mass is 35.5. The van der Waals surface area contributed by atoms with Crippen molar-refractivity contribution in [3.63, 3.8) is 0 Å². The number of alkyl halides is 1. The van der Waals surface area contributed by atoms with E-state index in [0.717, 1.165) is 12.0 Å². The molecular weight excluding hydrogens is 210 g/mol. The maximum absolute atomic E-state index is 5.74. The van der Waals surface area contributed by atoms with Crippen molar-refractivity contribution in [2.45, 2.75) is 39.2 Å². The maximum Gasteiger partial charge on any atom is 0.213 e. The Morgan fingerprint density at radius 2 is 2.13 bits per heavy atom. The third-order valence-corrected chi connectivity index (χ3v) is 2.39. The van der Waals surface area contributed by atoms with Crippen molar-refractivity contribution in [3.05, 3.63) is 23.9 Å². The van der Waals surface area contributed by atoms with Gasteiger partial charge >= 0.3 is 0 Å². The van der Waals surface area contributed by atoms with Gasteiger partial charge in [-0.2, -0.15) is 0 Å². The van der Waals surface area contributed by atoms with Gasteiger partial charge in [0.05, 0.1) is 6.10 Å². The number of rotatable bonds is 5. The summed E-state index contributed by atoms with van der Waals surface area (Å²) in [6.07, 6.45) is 2.96. The normalized spacial score (nSPS) is 12.9. The molecule has 0 saturated heterocycles. The molecule has 1 aromatic heterocycles. The number of hydrogen-bond acceptors (Lipinski definition) is 2. The van der Waals surface area contributed by atoms with Crippen LogP contribution in [0.5, 0.6) is 5.88 Å². The first-order valence-corrected chi connectivity index (χ1v) is 5.82. The first kappa shape index (κ1) is 12.3. The van der Waals surface area contributed by atoms with Crippen molar-refractivity contribution in [1.29, 1.82) is 0 Å². The third-order valence-electron chi connectivity index (χ3n) is 2.08. The lowest BCUT2D eigenvalue weighted by atomic mass is 10.1. The highest BCUT2D eigenvalue weighted by Crippen LogP contribution is 2.15. The molecular formula is C12H18ClNO. The minimum absolute atomic E-state index is 0.197. The summed E-state index contributed by atoms with van der Waals surface area (Å²) < 4.78 is 5.70. The number of ether oxygens (including phenoxy) is 1. The van der Waals surface area contributed by atoms with Crippen LogP contribution in [-0.4, -0.2) is 11.1 Å². The second-order valence-corrected chi connectivity index (χ2v) is 4.46. The summed E-state index contributed by atoms with van der Waals surface area (Å²) >= 11 is 5.74. The second-order valence-electron chi connectivity index (χ2n) is 4.19. The van der Waals surface area contributed by atoms with Gasteiger partial charge in [0, 0.05) is 18.1 Å². The molecule has 0 aromatic carbocycles. The van der Waals surface area contributed by atoms with Gasteiger partial charge in [-0.25, -0.2) is 4.98 Å². The molecule has 2 nitrogen and oxygen atoms in total. The van der Waals surface area contributed by atoms with E-state index in [1.54, 1.807) is 6.20 Å². The van der Waals surface area contributed by atoms with Crippen molar-refractivity contribution in [3.8, 4) is 5.88 Å². The molecule has 3 heteroatoms. The molecule has 0 spiro atoms. The first-order chi connectivity index (χ1) is 7.11. The fourth-order valence-electron chi connectivity index (χ4n) is 1.52. The smallest absolute Gasteiger partial charge is 0.213 e. The molecule has 84 valence electrons. The lowest BCUT2D eigenvalue weighted by molar-refractivity contribution is 0.185. The average Bonchev–Trinajstić information content (AvgIpc) is 2.16. The van der Waals surface area contributed by atoms with Gasteiger partial charge in [-0.3, -0.25) is 0 Å². The Morgan fingerprint density at radius 1 is 1.40 bits per heavy atom. The molecule has 0 fully saturated rings. The second kappa shape index (κ2) is 5.96. The topological polar surface area (TPSA) is 22.1 Å². The van der Waals surface area contributed by atoms with E-state index in [9.17, 15) is 0 Å². The zero-order chi connectivity index (χ0) is 11.3. The minimum Gasteiger partial charge on any atom is -0.475 e. The Morgan fingerprint density at radius 3 is 2.73 bits per heavy atom. The van der Waals surface area contributed by atoms with Gasteiger partial charge in [-0.1, -0.05) is 13.8 Å². The molecule has 1 rings (SSSR count). The van der Waals surface area contributed by atoms with Crippen molar-refractivity contribution >= 4 is 11.6 Å². The van der Waals surface area contributed by atoms with Gasteiger partial charge in [-0.15, -0.1) is 11.6 Å². The van der Waals surface area contributed by atoms with Crippen LogP contribution in [0.4, 0.5) is 0 Å². The molecule has 0 amide bonds. The van der Waals surface area contributed by atoms with Crippen LogP contribution in [0.15, 0.2) is 18.3 Å². The fourth-order valence-corrected chi connectivity index (χ4v) is 1.68. The molecule has 0 aliphatic heterocycles. The van der Waals surface area contributed by atoms with Crippen molar-refractivity contribution in [2.24, 2.45) is 5.92 Å². The van der Waals surface area contributed by atoms with Gasteiger partial charge < -0.3 is 4.74 Å². The molecule has 1 unspecified atom stereocenters. The van der Waals surface area contributed by atoms with Crippen LogP contribution >= 0.6 is 11.6 Å². The first-order valence-electron chi connectivity index (χ1n) is 5.29. The van der Waals surface area contributed by atoms with E-state index in [-0.39, 0.29) is 6.10 Å². The Bertz CT molecular complexity index is 301. The molecule has 1 aromatic rings. The van der Waals surface area contributed by atoms with Gasteiger partial charge in [0.1, 0.15) is 0 Å². The molecule has 0 N–H and O–H groups in total. The van der Waals surface area contributed by atoms with E-state index >= 15 is 0 Å². The fraction of sp³-hybridized carbons (Fsp3) is 0.583. The van der Waals surface area contributed by atoms with Crippen LogP contribution in [-0.2, 0) is 5.88 Å². The van der Waals surface area contributed by atoms with Crippen LogP contribution in [0, 0.1) is 5.92 Å². The molecule has 0 radical (unpaired) electrons. The van der Waals surface area contributed by atoms with Gasteiger partial charge in [0.15, 0.2) is 0 Å². The van der Waals surface area contributed by atoms with Crippen molar-refractivity contribution in [1.82, 2.24) is 4.98 Å². The molecule has 1 heterocycles. The number of aromatic nitrogens is 1. The average molecular weight is 228 g/mol. The Labute approximate surface area is 96.6 Å². The Balaban J connectivity index is 2.55. The number of nitrogens with zero attached hydrogens (tertiary/aromatic N) is 1. The molecule has 0 saturated carbocycles. The predicted octanol–water partition coefficient (Wildman–Crippen LogP) is 3.63. The highest BCUT2D eigenvalue weighted by molar-refractivity contribution is 6.17. The Kier molecular flexibility index (Phi) is 4.89. The molecule has 0 aliphatic carbocycles. The quantitative estimate of drug-likeness (QED) is 0.717. The van der Waals surface area contributed by atoms with E-state index in [0.29, 0.717) is 17.7 Å². The van der Waals surface area contributed by atoms with E-state index in [1.165, 1.54) is 0 Å². The standard InChI is InChI=1S/C12H18ClNO/c1-9(2)6-10(3)15-12-7-11(8-13)4-5-14-12/h4-5,7,9-10H,6,8H2,1-3H3. The molecule has 15 heavy (non-hydrogen) atoms. The largest absolute Gasteiger partial charge is 0.475 e. The third kappa shape index (κ3) is 4.52. The summed E-state index contributed by atoms with van der Waals surface area (Å²) in [7, 11) is 0. The van der Waals surface area contributed by atoms with Crippen molar-refractivity contribution < 1.29 is 4.74 Å². The summed E-state index contributed by atoms with van der Waals surface area (Å²) in [5.74, 6) is 1.80. The van der Waals surface area contributed by atoms with Gasteiger partial charge in [-0.05, 0) is 30.9 Å². The summed E-state index contributed by atoms with van der Waals surface area (Å²) in [6.45, 7) is 6.43.